The summed E-state index contributed by atoms with van der Waals surface area (Å²) in [6, 6.07) is 0. The summed E-state index contributed by atoms with van der Waals surface area (Å²) >= 11 is 0. The van der Waals surface area contributed by atoms with Gasteiger partial charge in [-0.05, 0) is 50.9 Å². The van der Waals surface area contributed by atoms with E-state index in [0.29, 0.717) is 25.7 Å². The topological polar surface area (TPSA) is 52.6 Å². The smallest absolute Gasteiger partial charge is 0.459 e. The highest BCUT2D eigenvalue weighted by Gasteiger charge is 2.72. The molecule has 4 saturated carbocycles. The van der Waals surface area contributed by atoms with Crippen molar-refractivity contribution in [3.8, 4) is 0 Å². The van der Waals surface area contributed by atoms with Crippen LogP contribution in [0.2, 0.25) is 0 Å². The van der Waals surface area contributed by atoms with Crippen LogP contribution >= 0.6 is 0 Å². The Morgan fingerprint density at radius 2 is 1.55 bits per heavy atom. The first-order chi connectivity index (χ1) is 14.0. The van der Waals surface area contributed by atoms with Crippen LogP contribution in [0.1, 0.15) is 51.9 Å². The fourth-order valence-corrected chi connectivity index (χ4v) is 5.61. The Labute approximate surface area is 174 Å². The Hall–Kier alpha value is -1.81. The summed E-state index contributed by atoms with van der Waals surface area (Å²) in [6.45, 7) is 3.72. The number of rotatable bonds is 7. The SMILES string of the molecule is C=C(C)C(=O)OC12CC3CC(C1)CC(C(=O)OCCC(F)(F)C(F)(F)C(F)(F)F)(C3)C2. The van der Waals surface area contributed by atoms with Crippen molar-refractivity contribution in [1.82, 2.24) is 0 Å². The largest absolute Gasteiger partial charge is 0.465 e. The summed E-state index contributed by atoms with van der Waals surface area (Å²) in [7, 11) is 0. The van der Waals surface area contributed by atoms with Crippen LogP contribution in [0.3, 0.4) is 0 Å². The quantitative estimate of drug-likeness (QED) is 0.297. The van der Waals surface area contributed by atoms with Gasteiger partial charge >= 0.3 is 30.0 Å². The normalized spacial score (nSPS) is 32.6. The van der Waals surface area contributed by atoms with Crippen LogP contribution < -0.4 is 0 Å². The average Bonchev–Trinajstić information content (AvgIpc) is 2.58. The molecule has 0 heterocycles. The molecule has 0 aliphatic heterocycles. The number of alkyl halides is 7. The molecule has 4 bridgehead atoms. The molecule has 0 aromatic heterocycles. The number of esters is 2. The van der Waals surface area contributed by atoms with Crippen molar-refractivity contribution in [2.45, 2.75) is 75.5 Å². The third kappa shape index (κ3) is 4.16. The summed E-state index contributed by atoms with van der Waals surface area (Å²) in [5.74, 6) is -13.1. The van der Waals surface area contributed by atoms with E-state index in [-0.39, 0.29) is 23.8 Å². The lowest BCUT2D eigenvalue weighted by Crippen LogP contribution is -2.60. The molecule has 2 atom stereocenters. The van der Waals surface area contributed by atoms with Crippen LogP contribution in [-0.4, -0.2) is 42.2 Å². The Morgan fingerprint density at radius 3 is 2.03 bits per heavy atom. The van der Waals surface area contributed by atoms with E-state index >= 15 is 0 Å². The highest BCUT2D eigenvalue weighted by molar-refractivity contribution is 5.87. The van der Waals surface area contributed by atoms with Crippen LogP contribution in [0.4, 0.5) is 30.7 Å². The van der Waals surface area contributed by atoms with Gasteiger partial charge in [-0.1, -0.05) is 6.58 Å². The molecule has 4 nitrogen and oxygen atoms in total. The van der Waals surface area contributed by atoms with Gasteiger partial charge in [0.1, 0.15) is 5.60 Å². The van der Waals surface area contributed by atoms with E-state index in [0.717, 1.165) is 6.42 Å². The minimum atomic E-state index is -6.43. The van der Waals surface area contributed by atoms with Crippen LogP contribution in [0, 0.1) is 17.3 Å². The van der Waals surface area contributed by atoms with E-state index in [1.807, 2.05) is 0 Å². The first-order valence-corrected chi connectivity index (χ1v) is 9.91. The average molecular weight is 460 g/mol. The molecule has 4 rings (SSSR count). The minimum absolute atomic E-state index is 0.0303. The summed E-state index contributed by atoms with van der Waals surface area (Å²) in [5, 5.41) is 0. The van der Waals surface area contributed by atoms with Crippen molar-refractivity contribution in [2.75, 3.05) is 6.61 Å². The molecule has 31 heavy (non-hydrogen) atoms. The Kier molecular flexibility index (Phi) is 5.67. The van der Waals surface area contributed by atoms with Crippen molar-refractivity contribution in [3.05, 3.63) is 12.2 Å². The molecule has 0 amide bonds. The molecule has 176 valence electrons. The monoisotopic (exact) mass is 460 g/mol. The number of hydrogen-bond donors (Lipinski definition) is 0. The van der Waals surface area contributed by atoms with E-state index in [9.17, 15) is 40.3 Å². The third-order valence-corrected chi connectivity index (χ3v) is 6.56. The number of carbonyl (C=O) groups is 2. The van der Waals surface area contributed by atoms with Gasteiger partial charge in [0.15, 0.2) is 0 Å². The van der Waals surface area contributed by atoms with E-state index < -0.39 is 54.0 Å². The molecule has 0 spiro atoms. The second-order valence-corrected chi connectivity index (χ2v) is 9.26. The number of halogens is 7. The van der Waals surface area contributed by atoms with Gasteiger partial charge in [-0.3, -0.25) is 4.79 Å². The number of hydrogen-bond acceptors (Lipinski definition) is 4. The number of carbonyl (C=O) groups excluding carboxylic acids is 2. The van der Waals surface area contributed by atoms with Crippen molar-refractivity contribution in [1.29, 1.82) is 0 Å². The second kappa shape index (κ2) is 7.37. The van der Waals surface area contributed by atoms with Gasteiger partial charge in [0.2, 0.25) is 0 Å². The first kappa shape index (κ1) is 23.8. The lowest BCUT2D eigenvalue weighted by atomic mass is 9.48. The maximum atomic E-state index is 13.5. The van der Waals surface area contributed by atoms with Crippen LogP contribution in [-0.2, 0) is 19.1 Å². The Morgan fingerprint density at radius 1 is 1.00 bits per heavy atom. The zero-order valence-electron chi connectivity index (χ0n) is 16.8. The third-order valence-electron chi connectivity index (χ3n) is 6.56. The molecule has 0 N–H and O–H groups in total. The fraction of sp³-hybridized carbons (Fsp3) is 0.800. The summed E-state index contributed by atoms with van der Waals surface area (Å²) in [5.41, 5.74) is -1.88. The molecule has 2 unspecified atom stereocenters. The molecule has 11 heteroatoms. The van der Waals surface area contributed by atoms with Crippen LogP contribution in [0.5, 0.6) is 0 Å². The van der Waals surface area contributed by atoms with Gasteiger partial charge in [-0.25, -0.2) is 4.79 Å². The van der Waals surface area contributed by atoms with Gasteiger partial charge in [0.05, 0.1) is 18.4 Å². The van der Waals surface area contributed by atoms with E-state index in [1.54, 1.807) is 0 Å². The van der Waals surface area contributed by atoms with Crippen LogP contribution in [0.25, 0.3) is 0 Å². The molecular weight excluding hydrogens is 437 g/mol. The van der Waals surface area contributed by atoms with Gasteiger partial charge in [0, 0.05) is 12.0 Å². The van der Waals surface area contributed by atoms with E-state index in [2.05, 4.69) is 6.58 Å². The summed E-state index contributed by atoms with van der Waals surface area (Å²) < 4.78 is 100. The Bertz CT molecular complexity index is 760. The standard InChI is InChI=1S/C20H23F7O4/c1-11(2)14(28)31-17-8-12-5-13(9-17)7-16(6-12,10-17)15(29)30-4-3-18(21,22)19(23,24)20(25,26)27/h12-13H,1,3-10H2,2H3. The first-order valence-electron chi connectivity index (χ1n) is 9.91. The molecular formula is C20H23F7O4. The zero-order chi connectivity index (χ0) is 23.5. The van der Waals surface area contributed by atoms with Crippen molar-refractivity contribution in [3.63, 3.8) is 0 Å². The molecule has 0 aromatic rings. The molecule has 4 aliphatic carbocycles. The lowest BCUT2D eigenvalue weighted by molar-refractivity contribution is -0.356. The second-order valence-electron chi connectivity index (χ2n) is 9.26. The summed E-state index contributed by atoms with van der Waals surface area (Å²) in [6.07, 6.45) is -5.70. The molecule has 0 aromatic carbocycles. The summed E-state index contributed by atoms with van der Waals surface area (Å²) in [4.78, 5) is 24.8. The highest BCUT2D eigenvalue weighted by Crippen LogP contribution is 2.63. The molecule has 0 saturated heterocycles. The van der Waals surface area contributed by atoms with Gasteiger partial charge < -0.3 is 9.47 Å². The fourth-order valence-electron chi connectivity index (χ4n) is 5.61. The predicted octanol–water partition coefficient (Wildman–Crippen LogP) is 5.21. The minimum Gasteiger partial charge on any atom is -0.465 e. The predicted molar refractivity (Wildman–Crippen MR) is 92.3 cm³/mol. The highest BCUT2D eigenvalue weighted by atomic mass is 19.4. The zero-order valence-corrected chi connectivity index (χ0v) is 16.8. The van der Waals surface area contributed by atoms with Gasteiger partial charge in [-0.15, -0.1) is 0 Å². The van der Waals surface area contributed by atoms with Crippen molar-refractivity contribution >= 4 is 11.9 Å². The molecule has 0 radical (unpaired) electrons. The van der Waals surface area contributed by atoms with Gasteiger partial charge in [0.25, 0.3) is 0 Å². The van der Waals surface area contributed by atoms with Crippen LogP contribution in [0.15, 0.2) is 12.2 Å². The lowest BCUT2D eigenvalue weighted by Gasteiger charge is -2.59. The van der Waals surface area contributed by atoms with Crippen molar-refractivity contribution < 1.29 is 49.8 Å². The maximum Gasteiger partial charge on any atom is 0.459 e. The van der Waals surface area contributed by atoms with Crippen molar-refractivity contribution in [2.24, 2.45) is 17.3 Å². The van der Waals surface area contributed by atoms with E-state index in [1.165, 1.54) is 6.92 Å². The van der Waals surface area contributed by atoms with E-state index in [4.69, 9.17) is 9.47 Å². The number of ether oxygens (including phenoxy) is 2. The Balaban J connectivity index is 1.68. The van der Waals surface area contributed by atoms with Gasteiger partial charge in [-0.2, -0.15) is 30.7 Å². The molecule has 4 fully saturated rings. The molecule has 4 aliphatic rings. The maximum absolute atomic E-state index is 13.5.